The molecule has 0 aliphatic carbocycles. The van der Waals surface area contributed by atoms with E-state index in [0.717, 1.165) is 58.1 Å². The summed E-state index contributed by atoms with van der Waals surface area (Å²) in [5.41, 5.74) is 3.92. The number of morpholine rings is 1. The van der Waals surface area contributed by atoms with Gasteiger partial charge in [-0.05, 0) is 30.5 Å². The lowest BCUT2D eigenvalue weighted by Crippen LogP contribution is -2.41. The van der Waals surface area contributed by atoms with Crippen molar-refractivity contribution >= 4 is 11.9 Å². The van der Waals surface area contributed by atoms with E-state index < -0.39 is 0 Å². The van der Waals surface area contributed by atoms with E-state index in [-0.39, 0.29) is 5.91 Å². The van der Waals surface area contributed by atoms with Gasteiger partial charge in [0, 0.05) is 45.0 Å². The zero-order valence-corrected chi connectivity index (χ0v) is 16.4. The third kappa shape index (κ3) is 4.48. The first-order valence-corrected chi connectivity index (χ1v) is 9.95. The van der Waals surface area contributed by atoms with Crippen molar-refractivity contribution in [2.24, 2.45) is 0 Å². The number of hydrogen-bond acceptors (Lipinski definition) is 6. The molecule has 2 aliphatic rings. The predicted octanol–water partition coefficient (Wildman–Crippen LogP) is 1.41. The molecule has 7 heteroatoms. The minimum absolute atomic E-state index is 0.141. The van der Waals surface area contributed by atoms with Gasteiger partial charge in [-0.2, -0.15) is 0 Å². The van der Waals surface area contributed by atoms with Crippen LogP contribution in [0, 0.1) is 6.92 Å². The van der Waals surface area contributed by atoms with E-state index in [1.807, 2.05) is 6.92 Å². The quantitative estimate of drug-likeness (QED) is 0.845. The number of ether oxygens (including phenoxy) is 1. The number of anilines is 1. The first-order valence-electron chi connectivity index (χ1n) is 9.95. The molecule has 0 bridgehead atoms. The lowest BCUT2D eigenvalue weighted by atomic mass is 10.0. The first kappa shape index (κ1) is 18.8. The maximum absolute atomic E-state index is 12.6. The van der Waals surface area contributed by atoms with Gasteiger partial charge < -0.3 is 15.0 Å². The van der Waals surface area contributed by atoms with Crippen LogP contribution in [0.2, 0.25) is 0 Å². The zero-order chi connectivity index (χ0) is 19.3. The Labute approximate surface area is 165 Å². The number of carbonyl (C=O) groups is 1. The number of rotatable bonds is 5. The number of fused-ring (bicyclic) bond motifs is 1. The molecular formula is C21H27N5O2. The van der Waals surface area contributed by atoms with Crippen molar-refractivity contribution in [1.82, 2.24) is 20.2 Å². The number of aryl methyl sites for hydroxylation is 1. The highest BCUT2D eigenvalue weighted by Gasteiger charge is 2.20. The van der Waals surface area contributed by atoms with Crippen LogP contribution >= 0.6 is 0 Å². The van der Waals surface area contributed by atoms with Gasteiger partial charge in [0.1, 0.15) is 5.69 Å². The Kier molecular flexibility index (Phi) is 5.83. The fraction of sp³-hybridized carbons (Fsp3) is 0.476. The van der Waals surface area contributed by atoms with Crippen LogP contribution in [-0.2, 0) is 17.7 Å². The standard InChI is InChI=1S/C21H27N5O2/c1-16-14-19(20(27)22-7-9-25-10-12-28-13-11-25)24-21(23-16)26-8-6-17-4-2-3-5-18(17)15-26/h2-5,14H,6-13,15H2,1H3,(H,22,27). The summed E-state index contributed by atoms with van der Waals surface area (Å²) < 4.78 is 5.35. The van der Waals surface area contributed by atoms with Crippen LogP contribution in [0.1, 0.15) is 27.3 Å². The Morgan fingerprint density at radius 1 is 1.14 bits per heavy atom. The summed E-state index contributed by atoms with van der Waals surface area (Å²) in [6, 6.07) is 10.2. The van der Waals surface area contributed by atoms with E-state index in [0.29, 0.717) is 18.2 Å². The molecule has 0 saturated carbocycles. The van der Waals surface area contributed by atoms with Crippen molar-refractivity contribution in [2.45, 2.75) is 19.9 Å². The van der Waals surface area contributed by atoms with Crippen LogP contribution in [0.4, 0.5) is 5.95 Å². The highest BCUT2D eigenvalue weighted by molar-refractivity contribution is 5.92. The first-order chi connectivity index (χ1) is 13.7. The zero-order valence-electron chi connectivity index (χ0n) is 16.4. The average molecular weight is 381 g/mol. The predicted molar refractivity (Wildman–Crippen MR) is 108 cm³/mol. The monoisotopic (exact) mass is 381 g/mol. The number of nitrogens with one attached hydrogen (secondary N) is 1. The van der Waals surface area contributed by atoms with Gasteiger partial charge >= 0.3 is 0 Å². The topological polar surface area (TPSA) is 70.6 Å². The van der Waals surface area contributed by atoms with E-state index in [1.54, 1.807) is 6.07 Å². The molecule has 2 aliphatic heterocycles. The molecule has 0 spiro atoms. The number of amides is 1. The van der Waals surface area contributed by atoms with E-state index >= 15 is 0 Å². The van der Waals surface area contributed by atoms with Crippen LogP contribution in [0.3, 0.4) is 0 Å². The average Bonchev–Trinajstić information content (AvgIpc) is 2.73. The van der Waals surface area contributed by atoms with Gasteiger partial charge in [0.05, 0.1) is 13.2 Å². The van der Waals surface area contributed by atoms with E-state index in [1.165, 1.54) is 11.1 Å². The van der Waals surface area contributed by atoms with Crippen molar-refractivity contribution in [3.63, 3.8) is 0 Å². The molecule has 1 amide bonds. The summed E-state index contributed by atoms with van der Waals surface area (Å²) >= 11 is 0. The van der Waals surface area contributed by atoms with Crippen molar-refractivity contribution in [3.8, 4) is 0 Å². The molecule has 2 aromatic rings. The molecule has 1 N–H and O–H groups in total. The fourth-order valence-electron chi connectivity index (χ4n) is 3.72. The third-order valence-corrected chi connectivity index (χ3v) is 5.31. The molecule has 1 saturated heterocycles. The number of carbonyl (C=O) groups excluding carboxylic acids is 1. The maximum atomic E-state index is 12.6. The molecule has 4 rings (SSSR count). The summed E-state index contributed by atoms with van der Waals surface area (Å²) in [4.78, 5) is 26.2. The van der Waals surface area contributed by atoms with Crippen LogP contribution in [-0.4, -0.2) is 66.7 Å². The van der Waals surface area contributed by atoms with E-state index in [4.69, 9.17) is 4.74 Å². The van der Waals surface area contributed by atoms with E-state index in [2.05, 4.69) is 49.4 Å². The van der Waals surface area contributed by atoms with Crippen LogP contribution in [0.15, 0.2) is 30.3 Å². The van der Waals surface area contributed by atoms with Crippen LogP contribution < -0.4 is 10.2 Å². The number of benzene rings is 1. The maximum Gasteiger partial charge on any atom is 0.270 e. The van der Waals surface area contributed by atoms with Gasteiger partial charge in [-0.25, -0.2) is 9.97 Å². The van der Waals surface area contributed by atoms with Gasteiger partial charge in [0.2, 0.25) is 5.95 Å². The van der Waals surface area contributed by atoms with Gasteiger partial charge in [-0.3, -0.25) is 9.69 Å². The molecular weight excluding hydrogens is 354 g/mol. The minimum Gasteiger partial charge on any atom is -0.379 e. The normalized spacial score (nSPS) is 17.2. The summed E-state index contributed by atoms with van der Waals surface area (Å²) in [7, 11) is 0. The van der Waals surface area contributed by atoms with Gasteiger partial charge in [-0.1, -0.05) is 24.3 Å². The van der Waals surface area contributed by atoms with Crippen molar-refractivity contribution < 1.29 is 9.53 Å². The third-order valence-electron chi connectivity index (χ3n) is 5.31. The van der Waals surface area contributed by atoms with Crippen molar-refractivity contribution in [1.29, 1.82) is 0 Å². The smallest absolute Gasteiger partial charge is 0.270 e. The number of aromatic nitrogens is 2. The largest absolute Gasteiger partial charge is 0.379 e. The van der Waals surface area contributed by atoms with Gasteiger partial charge in [0.25, 0.3) is 5.91 Å². The Bertz CT molecular complexity index is 835. The summed E-state index contributed by atoms with van der Waals surface area (Å²) in [5, 5.41) is 2.99. The molecule has 0 radical (unpaired) electrons. The second-order valence-electron chi connectivity index (χ2n) is 7.34. The molecule has 1 fully saturated rings. The van der Waals surface area contributed by atoms with Crippen LogP contribution in [0.5, 0.6) is 0 Å². The summed E-state index contributed by atoms with van der Waals surface area (Å²) in [6.45, 7) is 8.35. The minimum atomic E-state index is -0.141. The Hall–Kier alpha value is -2.51. The SMILES string of the molecule is Cc1cc(C(=O)NCCN2CCOCC2)nc(N2CCc3ccccc3C2)n1. The van der Waals surface area contributed by atoms with Crippen molar-refractivity contribution in [3.05, 3.63) is 52.8 Å². The van der Waals surface area contributed by atoms with Gasteiger partial charge in [0.15, 0.2) is 0 Å². The molecule has 0 unspecified atom stereocenters. The summed E-state index contributed by atoms with van der Waals surface area (Å²) in [6.07, 6.45) is 0.967. The van der Waals surface area contributed by atoms with Crippen LogP contribution in [0.25, 0.3) is 0 Å². The lowest BCUT2D eigenvalue weighted by Gasteiger charge is -2.29. The lowest BCUT2D eigenvalue weighted by molar-refractivity contribution is 0.0383. The highest BCUT2D eigenvalue weighted by atomic mass is 16.5. The molecule has 1 aromatic heterocycles. The fourth-order valence-corrected chi connectivity index (χ4v) is 3.72. The Morgan fingerprint density at radius 3 is 2.75 bits per heavy atom. The second kappa shape index (κ2) is 8.67. The summed E-state index contributed by atoms with van der Waals surface area (Å²) in [5.74, 6) is 0.491. The molecule has 148 valence electrons. The Balaban J connectivity index is 1.40. The number of hydrogen-bond donors (Lipinski definition) is 1. The molecule has 1 aromatic carbocycles. The second-order valence-corrected chi connectivity index (χ2v) is 7.34. The molecule has 7 nitrogen and oxygen atoms in total. The molecule has 3 heterocycles. The molecule has 28 heavy (non-hydrogen) atoms. The number of nitrogens with zero attached hydrogens (tertiary/aromatic N) is 4. The van der Waals surface area contributed by atoms with E-state index in [9.17, 15) is 4.79 Å². The van der Waals surface area contributed by atoms with Crippen molar-refractivity contribution in [2.75, 3.05) is 50.8 Å². The van der Waals surface area contributed by atoms with Gasteiger partial charge in [-0.15, -0.1) is 0 Å². The molecule has 0 atom stereocenters. The Morgan fingerprint density at radius 2 is 1.93 bits per heavy atom. The highest BCUT2D eigenvalue weighted by Crippen LogP contribution is 2.22.